The molecule has 51 heavy (non-hydrogen) atoms. The maximum absolute atomic E-state index is 13.9. The fourth-order valence-corrected chi connectivity index (χ4v) is 10.1. The Morgan fingerprint density at radius 1 is 0.843 bits per heavy atom. The lowest BCUT2D eigenvalue weighted by atomic mass is 9.98. The summed E-state index contributed by atoms with van der Waals surface area (Å²) in [5, 5.41) is 0.785. The Bertz CT molecular complexity index is 2370. The van der Waals surface area contributed by atoms with Gasteiger partial charge in [-0.05, 0) is 74.6 Å². The van der Waals surface area contributed by atoms with Crippen molar-refractivity contribution in [1.82, 2.24) is 18.2 Å². The van der Waals surface area contributed by atoms with Crippen LogP contribution in [0.25, 0.3) is 22.3 Å². The normalized spacial score (nSPS) is 17.4. The van der Waals surface area contributed by atoms with E-state index in [-0.39, 0.29) is 10.9 Å². The van der Waals surface area contributed by atoms with Gasteiger partial charge < -0.3 is 9.80 Å². The van der Waals surface area contributed by atoms with Crippen molar-refractivity contribution in [3.05, 3.63) is 100 Å². The molecule has 0 spiro atoms. The average molecular weight is 727 g/mol. The van der Waals surface area contributed by atoms with Crippen LogP contribution in [-0.2, 0) is 33.0 Å². The van der Waals surface area contributed by atoms with Crippen molar-refractivity contribution in [3.8, 4) is 11.4 Å². The lowest BCUT2D eigenvalue weighted by Crippen LogP contribution is -2.54. The van der Waals surface area contributed by atoms with E-state index in [2.05, 4.69) is 48.8 Å². The van der Waals surface area contributed by atoms with Crippen LogP contribution in [0.1, 0.15) is 60.2 Å². The summed E-state index contributed by atoms with van der Waals surface area (Å²) in [6.45, 7) is 15.1. The molecule has 2 aromatic heterocycles. The molecule has 4 heterocycles. The SMILES string of the molecule is Cc1ccc(S(=O)(=O)n2cc(C)c3c(-c4nc5c(c(N6CCN(S(C)(=O)=O)C(C)C6)n4)CN(c4cc(C(C)C)ccc4C)CC5)cccc32)cc1. The van der Waals surface area contributed by atoms with Crippen LogP contribution < -0.4 is 9.80 Å². The van der Waals surface area contributed by atoms with Gasteiger partial charge in [-0.1, -0.05) is 55.8 Å². The van der Waals surface area contributed by atoms with Crippen molar-refractivity contribution in [2.45, 2.75) is 71.4 Å². The highest BCUT2D eigenvalue weighted by Gasteiger charge is 2.34. The number of sulfonamides is 1. The molecule has 0 N–H and O–H groups in total. The Morgan fingerprint density at radius 3 is 2.27 bits per heavy atom. The molecule has 0 bridgehead atoms. The first-order valence-electron chi connectivity index (χ1n) is 17.5. The fraction of sp³-hybridized carbons (Fsp3) is 0.385. The van der Waals surface area contributed by atoms with Crippen LogP contribution in [0.4, 0.5) is 11.5 Å². The third-order valence-electron chi connectivity index (χ3n) is 10.4. The van der Waals surface area contributed by atoms with E-state index >= 15 is 0 Å². The van der Waals surface area contributed by atoms with Gasteiger partial charge in [0.15, 0.2) is 5.82 Å². The number of aromatic nitrogens is 3. The van der Waals surface area contributed by atoms with E-state index in [9.17, 15) is 16.8 Å². The molecular formula is C39H46N6O4S2. The van der Waals surface area contributed by atoms with E-state index in [1.807, 2.05) is 39.0 Å². The Balaban J connectivity index is 1.36. The molecule has 1 atom stereocenters. The highest BCUT2D eigenvalue weighted by Crippen LogP contribution is 2.38. The first-order chi connectivity index (χ1) is 24.1. The van der Waals surface area contributed by atoms with Gasteiger partial charge in [0.1, 0.15) is 5.82 Å². The van der Waals surface area contributed by atoms with Gasteiger partial charge in [0.2, 0.25) is 10.0 Å². The first kappa shape index (κ1) is 35.2. The van der Waals surface area contributed by atoms with E-state index in [1.165, 1.54) is 27.0 Å². The number of nitrogens with zero attached hydrogens (tertiary/aromatic N) is 6. The minimum atomic E-state index is -3.86. The van der Waals surface area contributed by atoms with Crippen LogP contribution in [0.15, 0.2) is 71.8 Å². The van der Waals surface area contributed by atoms with Crippen LogP contribution >= 0.6 is 0 Å². The number of piperazine rings is 1. The zero-order valence-corrected chi connectivity index (χ0v) is 32.0. The second-order valence-corrected chi connectivity index (χ2v) is 18.2. The number of fused-ring (bicyclic) bond motifs is 2. The molecule has 0 saturated carbocycles. The van der Waals surface area contributed by atoms with E-state index in [0.717, 1.165) is 45.7 Å². The molecule has 12 heteroatoms. The smallest absolute Gasteiger partial charge is 0.268 e. The maximum Gasteiger partial charge on any atom is 0.268 e. The van der Waals surface area contributed by atoms with Gasteiger partial charge in [0, 0.05) is 73.6 Å². The maximum atomic E-state index is 13.9. The van der Waals surface area contributed by atoms with Crippen molar-refractivity contribution >= 4 is 42.5 Å². The molecule has 268 valence electrons. The predicted octanol–water partition coefficient (Wildman–Crippen LogP) is 6.42. The van der Waals surface area contributed by atoms with Crippen LogP contribution in [0, 0.1) is 20.8 Å². The number of aryl methyl sites for hydroxylation is 3. The van der Waals surface area contributed by atoms with Gasteiger partial charge in [-0.2, -0.15) is 4.31 Å². The second kappa shape index (κ2) is 13.1. The second-order valence-electron chi connectivity index (χ2n) is 14.5. The molecular weight excluding hydrogens is 681 g/mol. The molecule has 5 aromatic rings. The zero-order chi connectivity index (χ0) is 36.4. The molecule has 2 aliphatic rings. The lowest BCUT2D eigenvalue weighted by Gasteiger charge is -2.41. The molecule has 0 aliphatic carbocycles. The van der Waals surface area contributed by atoms with E-state index < -0.39 is 20.0 Å². The predicted molar refractivity (Wildman–Crippen MR) is 205 cm³/mol. The minimum Gasteiger partial charge on any atom is -0.366 e. The summed E-state index contributed by atoms with van der Waals surface area (Å²) >= 11 is 0. The van der Waals surface area contributed by atoms with Gasteiger partial charge >= 0.3 is 0 Å². The highest BCUT2D eigenvalue weighted by molar-refractivity contribution is 7.90. The number of hydrogen-bond acceptors (Lipinski definition) is 8. The van der Waals surface area contributed by atoms with Crippen molar-refractivity contribution in [1.29, 1.82) is 0 Å². The Labute approximate surface area is 301 Å². The summed E-state index contributed by atoms with van der Waals surface area (Å²) in [5.41, 5.74) is 8.83. The van der Waals surface area contributed by atoms with Crippen LogP contribution in [0.2, 0.25) is 0 Å². The van der Waals surface area contributed by atoms with Crippen molar-refractivity contribution in [2.75, 3.05) is 42.2 Å². The highest BCUT2D eigenvalue weighted by atomic mass is 32.2. The van der Waals surface area contributed by atoms with E-state index in [1.54, 1.807) is 34.8 Å². The number of rotatable bonds is 7. The summed E-state index contributed by atoms with van der Waals surface area (Å²) in [7, 11) is -7.22. The average Bonchev–Trinajstić information content (AvgIpc) is 3.44. The molecule has 2 aliphatic heterocycles. The largest absolute Gasteiger partial charge is 0.366 e. The molecule has 7 rings (SSSR count). The minimum absolute atomic E-state index is 0.226. The standard InChI is InChI=1S/C39H46N6O4S2/c1-25(2)30-14-13-27(4)36(21-30)42-18-17-34-33(24-42)39(43-19-20-44(29(6)23-43)50(7,46)47)41-38(40-34)32-9-8-10-35-37(32)28(5)22-45(35)51(48,49)31-15-11-26(3)12-16-31/h8-16,21-22,25,29H,17-20,23-24H2,1-7H3. The van der Waals surface area contributed by atoms with Crippen molar-refractivity contribution in [2.24, 2.45) is 0 Å². The monoisotopic (exact) mass is 726 g/mol. The van der Waals surface area contributed by atoms with Gasteiger partial charge in [-0.15, -0.1) is 0 Å². The Hall–Kier alpha value is -4.26. The number of benzene rings is 3. The summed E-state index contributed by atoms with van der Waals surface area (Å²) in [5.74, 6) is 1.75. The lowest BCUT2D eigenvalue weighted by molar-refractivity contribution is 0.307. The van der Waals surface area contributed by atoms with Crippen LogP contribution in [0.3, 0.4) is 0 Å². The van der Waals surface area contributed by atoms with Crippen LogP contribution in [-0.4, -0.2) is 73.6 Å². The third-order valence-corrected chi connectivity index (χ3v) is 13.5. The van der Waals surface area contributed by atoms with Crippen molar-refractivity contribution in [3.63, 3.8) is 0 Å². The van der Waals surface area contributed by atoms with Crippen LogP contribution in [0.5, 0.6) is 0 Å². The fourth-order valence-electron chi connectivity index (χ4n) is 7.59. The first-order valence-corrected chi connectivity index (χ1v) is 20.8. The summed E-state index contributed by atoms with van der Waals surface area (Å²) in [6, 6.07) is 19.0. The van der Waals surface area contributed by atoms with E-state index in [0.29, 0.717) is 49.9 Å². The molecule has 1 fully saturated rings. The summed E-state index contributed by atoms with van der Waals surface area (Å²) in [6.07, 6.45) is 3.66. The van der Waals surface area contributed by atoms with Gasteiger partial charge in [0.05, 0.1) is 22.4 Å². The van der Waals surface area contributed by atoms with Gasteiger partial charge in [-0.3, -0.25) is 0 Å². The molecule has 1 unspecified atom stereocenters. The third kappa shape index (κ3) is 6.42. The zero-order valence-electron chi connectivity index (χ0n) is 30.4. The Kier molecular flexibility index (Phi) is 9.00. The topological polar surface area (TPSA) is 109 Å². The van der Waals surface area contributed by atoms with Crippen molar-refractivity contribution < 1.29 is 16.8 Å². The van der Waals surface area contributed by atoms with E-state index in [4.69, 9.17) is 9.97 Å². The Morgan fingerprint density at radius 2 is 1.59 bits per heavy atom. The quantitative estimate of drug-likeness (QED) is 0.189. The molecule has 1 saturated heterocycles. The molecule has 3 aromatic carbocycles. The molecule has 0 amide bonds. The summed E-state index contributed by atoms with van der Waals surface area (Å²) in [4.78, 5) is 15.3. The number of anilines is 2. The molecule has 10 nitrogen and oxygen atoms in total. The van der Waals surface area contributed by atoms with Gasteiger partial charge in [0.25, 0.3) is 10.0 Å². The summed E-state index contributed by atoms with van der Waals surface area (Å²) < 4.78 is 55.9. The molecule has 0 radical (unpaired) electrons. The van der Waals surface area contributed by atoms with Gasteiger partial charge in [-0.25, -0.2) is 30.8 Å². The number of hydrogen-bond donors (Lipinski definition) is 0.